The Hall–Kier alpha value is -1.64. The Labute approximate surface area is 182 Å². The molecule has 7 nitrogen and oxygen atoms in total. The topological polar surface area (TPSA) is 89.7 Å². The average molecular weight is 437 g/mol. The molecule has 0 aromatic carbocycles. The van der Waals surface area contributed by atoms with Gasteiger partial charge in [0.05, 0.1) is 29.7 Å². The van der Waals surface area contributed by atoms with E-state index in [1.54, 1.807) is 23.4 Å². The highest BCUT2D eigenvalue weighted by Crippen LogP contribution is 2.40. The molecular weight excluding hydrogens is 396 g/mol. The first-order valence-electron chi connectivity index (χ1n) is 10.7. The minimum Gasteiger partial charge on any atom is -0.443 e. The third-order valence-electron chi connectivity index (χ3n) is 6.01. The molecule has 0 radical (unpaired) electrons. The van der Waals surface area contributed by atoms with Gasteiger partial charge in [0.25, 0.3) is 0 Å². The minimum absolute atomic E-state index is 0.0641. The number of hydrogen-bond acceptors (Lipinski definition) is 6. The molecule has 0 saturated carbocycles. The lowest BCUT2D eigenvalue weighted by molar-refractivity contribution is 0.0416. The Morgan fingerprint density at radius 2 is 1.87 bits per heavy atom. The molecule has 30 heavy (non-hydrogen) atoms. The summed E-state index contributed by atoms with van der Waals surface area (Å²) in [6, 6.07) is 1.52. The van der Waals surface area contributed by atoms with E-state index in [9.17, 15) is 4.79 Å². The van der Waals surface area contributed by atoms with Gasteiger partial charge in [-0.2, -0.15) is 0 Å². The number of nitrogen functional groups attached to an aromatic ring is 1. The average Bonchev–Trinajstić information content (AvgIpc) is 2.57. The summed E-state index contributed by atoms with van der Waals surface area (Å²) in [4.78, 5) is 19.1. The maximum absolute atomic E-state index is 13.4. The predicted octanol–water partition coefficient (Wildman–Crippen LogP) is 4.40. The normalized spacial score (nSPS) is 23.2. The fraction of sp³-hybridized carbons (Fsp3) is 0.727. The number of ether oxygens (including phenoxy) is 1. The number of rotatable bonds is 4. The van der Waals surface area contributed by atoms with Crippen LogP contribution in [-0.2, 0) is 9.16 Å². The summed E-state index contributed by atoms with van der Waals surface area (Å²) in [6.07, 6.45) is 2.65. The predicted molar refractivity (Wildman–Crippen MR) is 125 cm³/mol. The minimum atomic E-state index is -2.07. The third-order valence-corrected chi connectivity index (χ3v) is 10.5. The molecular formula is C22H40N4O3Si. The summed E-state index contributed by atoms with van der Waals surface area (Å²) >= 11 is 0. The summed E-state index contributed by atoms with van der Waals surface area (Å²) in [5.41, 5.74) is 6.66. The molecule has 0 bridgehead atoms. The van der Waals surface area contributed by atoms with Crippen LogP contribution in [0.3, 0.4) is 0 Å². The van der Waals surface area contributed by atoms with Crippen LogP contribution in [-0.4, -0.2) is 50.2 Å². The molecule has 3 atom stereocenters. The van der Waals surface area contributed by atoms with Gasteiger partial charge in [-0.15, -0.1) is 0 Å². The molecule has 1 aromatic rings. The smallest absolute Gasteiger partial charge is 0.415 e. The second kappa shape index (κ2) is 8.84. The first kappa shape index (κ1) is 24.6. The number of carbonyl (C=O) groups excluding carboxylic acids is 1. The third kappa shape index (κ3) is 5.74. The van der Waals surface area contributed by atoms with Gasteiger partial charge < -0.3 is 20.2 Å². The summed E-state index contributed by atoms with van der Waals surface area (Å²) in [5.74, 6) is 0.228. The van der Waals surface area contributed by atoms with Crippen molar-refractivity contribution in [1.82, 2.24) is 10.3 Å². The lowest BCUT2D eigenvalue weighted by Gasteiger charge is -2.48. The summed E-state index contributed by atoms with van der Waals surface area (Å²) in [7, 11) is -2.07. The van der Waals surface area contributed by atoms with Crippen molar-refractivity contribution in [2.75, 3.05) is 23.7 Å². The SMILES string of the molecule is C[C@H]1CNC[C@@H](N(C(=O)OC(C)(C)C)c2ccncc2N)[C@@H]1O[Si](C)(C)C(C)(C)C. The molecule has 2 heterocycles. The number of piperidine rings is 1. The first-order chi connectivity index (χ1) is 13.6. The van der Waals surface area contributed by atoms with E-state index in [2.05, 4.69) is 51.1 Å². The van der Waals surface area contributed by atoms with Gasteiger partial charge in [0, 0.05) is 19.3 Å². The van der Waals surface area contributed by atoms with Crippen molar-refractivity contribution in [2.45, 2.75) is 84.3 Å². The fourth-order valence-corrected chi connectivity index (χ4v) is 4.79. The highest BCUT2D eigenvalue weighted by molar-refractivity contribution is 6.74. The van der Waals surface area contributed by atoms with Gasteiger partial charge in [-0.05, 0) is 50.9 Å². The molecule has 3 N–H and O–H groups in total. The summed E-state index contributed by atoms with van der Waals surface area (Å²) in [6.45, 7) is 20.4. The molecule has 1 saturated heterocycles. The molecule has 1 aliphatic heterocycles. The molecule has 1 aliphatic rings. The van der Waals surface area contributed by atoms with E-state index in [1.165, 1.54) is 0 Å². The number of aromatic nitrogens is 1. The first-order valence-corrected chi connectivity index (χ1v) is 13.6. The zero-order chi connectivity index (χ0) is 22.9. The molecule has 8 heteroatoms. The summed E-state index contributed by atoms with van der Waals surface area (Å²) < 4.78 is 12.7. The second-order valence-electron chi connectivity index (χ2n) is 10.8. The zero-order valence-electron chi connectivity index (χ0n) is 20.1. The van der Waals surface area contributed by atoms with Crippen LogP contribution in [0, 0.1) is 5.92 Å². The Morgan fingerprint density at radius 1 is 1.23 bits per heavy atom. The molecule has 1 fully saturated rings. The Kier molecular flexibility index (Phi) is 7.26. The van der Waals surface area contributed by atoms with Gasteiger partial charge in [-0.1, -0.05) is 27.7 Å². The molecule has 1 amide bonds. The van der Waals surface area contributed by atoms with Crippen molar-refractivity contribution in [3.05, 3.63) is 18.5 Å². The van der Waals surface area contributed by atoms with Crippen molar-refractivity contribution in [2.24, 2.45) is 5.92 Å². The number of nitrogens with one attached hydrogen (secondary N) is 1. The van der Waals surface area contributed by atoms with Gasteiger partial charge in [-0.3, -0.25) is 9.88 Å². The molecule has 2 rings (SSSR count). The standard InChI is InChI=1S/C22H40N4O3Si/c1-15-12-25-14-18(19(15)29-30(8,9)22(5,6)7)26(20(27)28-21(2,3)4)17-10-11-24-13-16(17)23/h10-11,13,15,18-19,25H,12,14,23H2,1-9H3/t15-,18+,19+/m0/s1. The van der Waals surface area contributed by atoms with E-state index in [4.69, 9.17) is 14.9 Å². The Morgan fingerprint density at radius 3 is 2.40 bits per heavy atom. The van der Waals surface area contributed by atoms with Gasteiger partial charge in [0.1, 0.15) is 5.60 Å². The number of anilines is 2. The molecule has 0 aliphatic carbocycles. The molecule has 0 spiro atoms. The van der Waals surface area contributed by atoms with Crippen molar-refractivity contribution >= 4 is 25.8 Å². The van der Waals surface area contributed by atoms with Crippen molar-refractivity contribution in [1.29, 1.82) is 0 Å². The quantitative estimate of drug-likeness (QED) is 0.680. The van der Waals surface area contributed by atoms with Crippen LogP contribution < -0.4 is 16.0 Å². The van der Waals surface area contributed by atoms with Gasteiger partial charge >= 0.3 is 6.09 Å². The molecule has 0 unspecified atom stereocenters. The van der Waals surface area contributed by atoms with Crippen LogP contribution in [0.4, 0.5) is 16.2 Å². The van der Waals surface area contributed by atoms with Gasteiger partial charge in [0.2, 0.25) is 0 Å². The molecule has 170 valence electrons. The Bertz CT molecular complexity index is 743. The lowest BCUT2D eigenvalue weighted by atomic mass is 9.92. The highest BCUT2D eigenvalue weighted by atomic mass is 28.4. The van der Waals surface area contributed by atoms with E-state index in [-0.39, 0.29) is 23.1 Å². The summed E-state index contributed by atoms with van der Waals surface area (Å²) in [5, 5.41) is 3.52. The van der Waals surface area contributed by atoms with Crippen molar-refractivity contribution < 1.29 is 14.0 Å². The van der Waals surface area contributed by atoms with Crippen molar-refractivity contribution in [3.8, 4) is 0 Å². The zero-order valence-corrected chi connectivity index (χ0v) is 21.1. The van der Waals surface area contributed by atoms with Crippen molar-refractivity contribution in [3.63, 3.8) is 0 Å². The number of carbonyl (C=O) groups is 1. The van der Waals surface area contributed by atoms with E-state index in [0.29, 0.717) is 17.9 Å². The fourth-order valence-electron chi connectivity index (χ4n) is 3.36. The van der Waals surface area contributed by atoms with Gasteiger partial charge in [0.15, 0.2) is 8.32 Å². The van der Waals surface area contributed by atoms with E-state index in [1.807, 2.05) is 20.8 Å². The number of pyridine rings is 1. The van der Waals surface area contributed by atoms with E-state index in [0.717, 1.165) is 6.54 Å². The van der Waals surface area contributed by atoms with Gasteiger partial charge in [-0.25, -0.2) is 4.79 Å². The van der Waals surface area contributed by atoms with Crippen LogP contribution in [0.15, 0.2) is 18.5 Å². The lowest BCUT2D eigenvalue weighted by Crippen LogP contribution is -2.63. The van der Waals surface area contributed by atoms with Crippen LogP contribution in [0.1, 0.15) is 48.5 Å². The second-order valence-corrected chi connectivity index (χ2v) is 15.6. The number of amides is 1. The van der Waals surface area contributed by atoms with E-state index < -0.39 is 20.0 Å². The maximum Gasteiger partial charge on any atom is 0.415 e. The van der Waals surface area contributed by atoms with Crippen LogP contribution in [0.5, 0.6) is 0 Å². The molecule has 1 aromatic heterocycles. The van der Waals surface area contributed by atoms with Crippen LogP contribution in [0.2, 0.25) is 18.1 Å². The Balaban J connectivity index is 2.50. The number of nitrogens with two attached hydrogens (primary N) is 1. The number of hydrogen-bond donors (Lipinski definition) is 2. The van der Waals surface area contributed by atoms with Crippen LogP contribution >= 0.6 is 0 Å². The highest BCUT2D eigenvalue weighted by Gasteiger charge is 2.46. The van der Waals surface area contributed by atoms with E-state index >= 15 is 0 Å². The largest absolute Gasteiger partial charge is 0.443 e. The monoisotopic (exact) mass is 436 g/mol. The number of nitrogens with zero attached hydrogens (tertiary/aromatic N) is 2. The maximum atomic E-state index is 13.4. The van der Waals surface area contributed by atoms with Crippen LogP contribution in [0.25, 0.3) is 0 Å².